The molecule has 2 N–H and O–H groups in total. The van der Waals surface area contributed by atoms with Gasteiger partial charge in [-0.2, -0.15) is 0 Å². The van der Waals surface area contributed by atoms with Crippen LogP contribution in [0.3, 0.4) is 0 Å². The van der Waals surface area contributed by atoms with Gasteiger partial charge in [0.15, 0.2) is 5.96 Å². The van der Waals surface area contributed by atoms with Crippen molar-refractivity contribution in [3.63, 3.8) is 0 Å². The molecule has 0 spiro atoms. The lowest BCUT2D eigenvalue weighted by Gasteiger charge is -2.26. The van der Waals surface area contributed by atoms with Crippen molar-refractivity contribution in [1.29, 1.82) is 0 Å². The molecule has 3 aliphatic rings. The van der Waals surface area contributed by atoms with Crippen molar-refractivity contribution in [2.24, 2.45) is 4.99 Å². The van der Waals surface area contributed by atoms with Gasteiger partial charge in [0.25, 0.3) is 0 Å². The molecule has 1 saturated carbocycles. The molecule has 3 rings (SSSR count). The molecule has 2 saturated heterocycles. The lowest BCUT2D eigenvalue weighted by molar-refractivity contribution is 0.224. The fourth-order valence-corrected chi connectivity index (χ4v) is 4.92. The van der Waals surface area contributed by atoms with Crippen molar-refractivity contribution < 1.29 is 0 Å². The highest BCUT2D eigenvalue weighted by molar-refractivity contribution is 5.79. The van der Waals surface area contributed by atoms with Gasteiger partial charge in [-0.3, -0.25) is 9.89 Å². The summed E-state index contributed by atoms with van der Waals surface area (Å²) in [6, 6.07) is 1.43. The van der Waals surface area contributed by atoms with Crippen molar-refractivity contribution in [2.75, 3.05) is 46.3 Å². The fraction of sp³-hybridized carbons (Fsp3) is 0.952. The molecule has 0 aromatic carbocycles. The Morgan fingerprint density at radius 2 is 1.73 bits per heavy atom. The minimum atomic E-state index is 0.570. The van der Waals surface area contributed by atoms with E-state index in [1.807, 2.05) is 7.05 Å². The van der Waals surface area contributed by atoms with Gasteiger partial charge in [0.05, 0.1) is 0 Å². The zero-order chi connectivity index (χ0) is 18.0. The number of unbranched alkanes of at least 4 members (excludes halogenated alkanes) is 2. The molecular weight excluding hydrogens is 322 g/mol. The summed E-state index contributed by atoms with van der Waals surface area (Å²) in [5.41, 5.74) is 0. The van der Waals surface area contributed by atoms with Crippen molar-refractivity contribution in [1.82, 2.24) is 20.4 Å². The standard InChI is InChI=1S/C21H41N5/c1-22-21(23-13-6-2-7-14-25-15-8-3-9-16-25)24-19-12-17-26(18-19)20-10-4-5-11-20/h19-20H,2-18H2,1H3,(H2,22,23,24). The van der Waals surface area contributed by atoms with Crippen molar-refractivity contribution in [2.45, 2.75) is 82.7 Å². The lowest BCUT2D eigenvalue weighted by Crippen LogP contribution is -2.45. The van der Waals surface area contributed by atoms with Gasteiger partial charge < -0.3 is 15.5 Å². The summed E-state index contributed by atoms with van der Waals surface area (Å²) in [5.74, 6) is 0.999. The molecule has 0 radical (unpaired) electrons. The van der Waals surface area contributed by atoms with Crippen LogP contribution in [-0.2, 0) is 0 Å². The number of hydrogen-bond acceptors (Lipinski definition) is 3. The molecule has 2 heterocycles. The second kappa shape index (κ2) is 11.1. The Kier molecular flexibility index (Phi) is 8.53. The van der Waals surface area contributed by atoms with Gasteiger partial charge in [-0.15, -0.1) is 0 Å². The Morgan fingerprint density at radius 1 is 0.923 bits per heavy atom. The molecule has 26 heavy (non-hydrogen) atoms. The van der Waals surface area contributed by atoms with Gasteiger partial charge in [-0.1, -0.05) is 25.7 Å². The Morgan fingerprint density at radius 3 is 2.50 bits per heavy atom. The molecule has 5 heteroatoms. The maximum absolute atomic E-state index is 4.43. The van der Waals surface area contributed by atoms with Crippen molar-refractivity contribution >= 4 is 5.96 Å². The first-order valence-electron chi connectivity index (χ1n) is 11.3. The van der Waals surface area contributed by atoms with E-state index in [1.165, 1.54) is 103 Å². The van der Waals surface area contributed by atoms with E-state index in [4.69, 9.17) is 0 Å². The van der Waals surface area contributed by atoms with Gasteiger partial charge in [0, 0.05) is 38.8 Å². The number of likely N-dealkylation sites (tertiary alicyclic amines) is 2. The number of piperidine rings is 1. The van der Waals surface area contributed by atoms with E-state index < -0.39 is 0 Å². The summed E-state index contributed by atoms with van der Waals surface area (Å²) < 4.78 is 0. The van der Waals surface area contributed by atoms with Crippen LogP contribution in [0.5, 0.6) is 0 Å². The van der Waals surface area contributed by atoms with Crippen LogP contribution < -0.4 is 10.6 Å². The average Bonchev–Trinajstić information content (AvgIpc) is 3.36. The zero-order valence-corrected chi connectivity index (χ0v) is 17.0. The van der Waals surface area contributed by atoms with E-state index in [-0.39, 0.29) is 0 Å². The van der Waals surface area contributed by atoms with E-state index in [0.717, 1.165) is 18.5 Å². The van der Waals surface area contributed by atoms with Crippen LogP contribution in [0.2, 0.25) is 0 Å². The van der Waals surface area contributed by atoms with Crippen LogP contribution >= 0.6 is 0 Å². The Bertz CT molecular complexity index is 413. The zero-order valence-electron chi connectivity index (χ0n) is 17.0. The molecule has 5 nitrogen and oxygen atoms in total. The largest absolute Gasteiger partial charge is 0.356 e. The molecule has 0 amide bonds. The Balaban J connectivity index is 1.23. The Labute approximate surface area is 161 Å². The van der Waals surface area contributed by atoms with Crippen LogP contribution in [0, 0.1) is 0 Å². The molecule has 1 unspecified atom stereocenters. The first-order valence-corrected chi connectivity index (χ1v) is 11.3. The molecule has 0 aromatic rings. The third-order valence-corrected chi connectivity index (χ3v) is 6.52. The maximum atomic E-state index is 4.43. The van der Waals surface area contributed by atoms with E-state index in [0.29, 0.717) is 6.04 Å². The molecule has 1 aliphatic carbocycles. The number of nitrogens with one attached hydrogen (secondary N) is 2. The highest BCUT2D eigenvalue weighted by Gasteiger charge is 2.30. The summed E-state index contributed by atoms with van der Waals surface area (Å²) in [6.07, 6.45) is 15.1. The molecule has 0 bridgehead atoms. The van der Waals surface area contributed by atoms with Crippen molar-refractivity contribution in [3.05, 3.63) is 0 Å². The molecule has 2 aliphatic heterocycles. The molecule has 150 valence electrons. The summed E-state index contributed by atoms with van der Waals surface area (Å²) in [5, 5.41) is 7.18. The summed E-state index contributed by atoms with van der Waals surface area (Å²) in [4.78, 5) is 9.79. The van der Waals surface area contributed by atoms with E-state index in [9.17, 15) is 0 Å². The predicted octanol–water partition coefficient (Wildman–Crippen LogP) is 2.82. The molecule has 1 atom stereocenters. The third kappa shape index (κ3) is 6.41. The third-order valence-electron chi connectivity index (χ3n) is 6.52. The highest BCUT2D eigenvalue weighted by Crippen LogP contribution is 2.26. The molecule has 3 fully saturated rings. The van der Waals surface area contributed by atoms with Gasteiger partial charge >= 0.3 is 0 Å². The summed E-state index contributed by atoms with van der Waals surface area (Å²) in [7, 11) is 1.90. The summed E-state index contributed by atoms with van der Waals surface area (Å²) in [6.45, 7) is 7.45. The smallest absolute Gasteiger partial charge is 0.191 e. The number of nitrogens with zero attached hydrogens (tertiary/aromatic N) is 3. The maximum Gasteiger partial charge on any atom is 0.191 e. The fourth-order valence-electron chi connectivity index (χ4n) is 4.92. The minimum absolute atomic E-state index is 0.570. The molecule has 0 aromatic heterocycles. The van der Waals surface area contributed by atoms with Crippen LogP contribution in [0.25, 0.3) is 0 Å². The predicted molar refractivity (Wildman–Crippen MR) is 111 cm³/mol. The SMILES string of the molecule is CN=C(NCCCCCN1CCCCC1)NC1CCN(C2CCCC2)C1. The van der Waals surface area contributed by atoms with Crippen LogP contribution in [0.4, 0.5) is 0 Å². The van der Waals surface area contributed by atoms with Crippen LogP contribution in [-0.4, -0.2) is 74.2 Å². The van der Waals surface area contributed by atoms with Gasteiger partial charge in [0.2, 0.25) is 0 Å². The highest BCUT2D eigenvalue weighted by atomic mass is 15.3. The van der Waals surface area contributed by atoms with E-state index >= 15 is 0 Å². The normalized spacial score (nSPS) is 26.5. The van der Waals surface area contributed by atoms with Crippen LogP contribution in [0.1, 0.15) is 70.6 Å². The average molecular weight is 364 g/mol. The summed E-state index contributed by atoms with van der Waals surface area (Å²) >= 11 is 0. The first kappa shape index (κ1) is 19.9. The van der Waals surface area contributed by atoms with Crippen molar-refractivity contribution in [3.8, 4) is 0 Å². The number of aliphatic imine (C=N–C) groups is 1. The monoisotopic (exact) mass is 363 g/mol. The number of rotatable bonds is 8. The quantitative estimate of drug-likeness (QED) is 0.395. The van der Waals surface area contributed by atoms with Gasteiger partial charge in [0.1, 0.15) is 0 Å². The topological polar surface area (TPSA) is 42.9 Å². The van der Waals surface area contributed by atoms with Crippen LogP contribution in [0.15, 0.2) is 4.99 Å². The number of hydrogen-bond donors (Lipinski definition) is 2. The Hall–Kier alpha value is -0.810. The molecular formula is C21H41N5. The lowest BCUT2D eigenvalue weighted by atomic mass is 10.1. The second-order valence-corrected chi connectivity index (χ2v) is 8.53. The number of guanidine groups is 1. The van der Waals surface area contributed by atoms with E-state index in [2.05, 4.69) is 25.4 Å². The first-order chi connectivity index (χ1) is 12.8. The van der Waals surface area contributed by atoms with Gasteiger partial charge in [-0.25, -0.2) is 0 Å². The van der Waals surface area contributed by atoms with Gasteiger partial charge in [-0.05, 0) is 64.6 Å². The minimum Gasteiger partial charge on any atom is -0.356 e. The second-order valence-electron chi connectivity index (χ2n) is 8.53. The van der Waals surface area contributed by atoms with E-state index in [1.54, 1.807) is 0 Å².